The molecular weight excluding hydrogens is 373 g/mol. The zero-order valence-corrected chi connectivity index (χ0v) is 16.4. The zero-order chi connectivity index (χ0) is 20.3. The van der Waals surface area contributed by atoms with E-state index >= 15 is 0 Å². The van der Waals surface area contributed by atoms with E-state index in [1.54, 1.807) is 18.6 Å². The molecule has 1 aromatic carbocycles. The molecule has 0 fully saturated rings. The van der Waals surface area contributed by atoms with Crippen LogP contribution < -0.4 is 4.74 Å². The molecule has 0 unspecified atom stereocenters. The Morgan fingerprint density at radius 2 is 1.67 bits per heavy atom. The molecule has 0 atom stereocenters. The Balaban J connectivity index is 1.35. The highest BCUT2D eigenvalue weighted by Gasteiger charge is 2.12. The molecule has 4 aromatic heterocycles. The lowest BCUT2D eigenvalue weighted by Crippen LogP contribution is -1.98. The molecule has 5 rings (SSSR count). The van der Waals surface area contributed by atoms with Crippen LogP contribution in [0.15, 0.2) is 85.5 Å². The third-order valence-corrected chi connectivity index (χ3v) is 4.85. The number of aryl methyl sites for hydroxylation is 1. The van der Waals surface area contributed by atoms with Gasteiger partial charge in [-0.3, -0.25) is 14.6 Å². The maximum Gasteiger partial charge on any atom is 0.130 e. The number of nitrogens with zero attached hydrogens (tertiary/aromatic N) is 5. The maximum atomic E-state index is 5.94. The summed E-state index contributed by atoms with van der Waals surface area (Å²) in [5, 5.41) is 4.65. The quantitative estimate of drug-likeness (QED) is 0.435. The number of fused-ring (bicyclic) bond motifs is 1. The van der Waals surface area contributed by atoms with E-state index in [2.05, 4.69) is 20.1 Å². The van der Waals surface area contributed by atoms with E-state index in [0.29, 0.717) is 6.61 Å². The topological polar surface area (TPSA) is 65.7 Å². The largest absolute Gasteiger partial charge is 0.487 e. The fraction of sp³-hybridized carbons (Fsp3) is 0.0833. The molecular formula is C24H19N5O. The van der Waals surface area contributed by atoms with Gasteiger partial charge in [0.1, 0.15) is 18.1 Å². The number of pyridine rings is 3. The number of hydrogen-bond acceptors (Lipinski definition) is 5. The van der Waals surface area contributed by atoms with Crippen molar-refractivity contribution in [1.82, 2.24) is 24.7 Å². The lowest BCUT2D eigenvalue weighted by atomic mass is 10.0. The second-order valence-corrected chi connectivity index (χ2v) is 6.96. The summed E-state index contributed by atoms with van der Waals surface area (Å²) >= 11 is 0. The number of benzene rings is 1. The molecule has 30 heavy (non-hydrogen) atoms. The van der Waals surface area contributed by atoms with Crippen LogP contribution in [0.2, 0.25) is 0 Å². The normalized spacial score (nSPS) is 11.0. The van der Waals surface area contributed by atoms with Crippen LogP contribution in [0.4, 0.5) is 0 Å². The first-order chi connectivity index (χ1) is 14.8. The minimum atomic E-state index is 0.399. The molecule has 6 heteroatoms. The number of rotatable bonds is 5. The molecule has 0 spiro atoms. The van der Waals surface area contributed by atoms with Gasteiger partial charge >= 0.3 is 0 Å². The Morgan fingerprint density at radius 1 is 0.833 bits per heavy atom. The highest BCUT2D eigenvalue weighted by molar-refractivity contribution is 5.80. The van der Waals surface area contributed by atoms with Gasteiger partial charge in [-0.2, -0.15) is 5.10 Å². The van der Waals surface area contributed by atoms with Crippen LogP contribution in [0.25, 0.3) is 33.4 Å². The van der Waals surface area contributed by atoms with E-state index in [-0.39, 0.29) is 0 Å². The summed E-state index contributed by atoms with van der Waals surface area (Å²) < 4.78 is 7.76. The number of hydrogen-bond donors (Lipinski definition) is 0. The lowest BCUT2D eigenvalue weighted by molar-refractivity contribution is 0.302. The fourth-order valence-electron chi connectivity index (χ4n) is 3.39. The standard InChI is InChI=1S/C24H19N5O/c1-29-15-21(17-10-13-25-14-11-17)24(28-29)18-4-7-20(8-5-18)30-16-19-6-9-22-23(27-19)3-2-12-26-22/h2-15H,16H2,1H3/i1-1. The molecule has 0 aliphatic rings. The van der Waals surface area contributed by atoms with Crippen LogP contribution in [0.3, 0.4) is 0 Å². The van der Waals surface area contributed by atoms with Crippen molar-refractivity contribution in [2.24, 2.45) is 7.05 Å². The molecule has 0 amide bonds. The van der Waals surface area contributed by atoms with Gasteiger partial charge in [-0.05, 0) is 66.2 Å². The molecule has 0 radical (unpaired) electrons. The van der Waals surface area contributed by atoms with Crippen molar-refractivity contribution < 1.29 is 4.74 Å². The van der Waals surface area contributed by atoms with Crippen molar-refractivity contribution in [3.05, 3.63) is 91.1 Å². The summed E-state index contributed by atoms with van der Waals surface area (Å²) in [6.45, 7) is 0.399. The minimum absolute atomic E-state index is 0.399. The van der Waals surface area contributed by atoms with E-state index < -0.39 is 0 Å². The van der Waals surface area contributed by atoms with Gasteiger partial charge in [0.2, 0.25) is 0 Å². The van der Waals surface area contributed by atoms with E-state index in [1.807, 2.05) is 78.6 Å². The summed E-state index contributed by atoms with van der Waals surface area (Å²) in [7, 11) is 1.93. The van der Waals surface area contributed by atoms with Gasteiger partial charge in [0.05, 0.1) is 16.7 Å². The highest BCUT2D eigenvalue weighted by Crippen LogP contribution is 2.31. The smallest absolute Gasteiger partial charge is 0.130 e. The lowest BCUT2D eigenvalue weighted by Gasteiger charge is -2.08. The first kappa shape index (κ1) is 18.0. The Bertz CT molecular complexity index is 1300. The Labute approximate surface area is 173 Å². The SMILES string of the molecule is [11CH3]n1cc(-c2ccncc2)c(-c2ccc(OCc3ccc4ncccc4n3)cc2)n1. The third-order valence-electron chi connectivity index (χ3n) is 4.85. The van der Waals surface area contributed by atoms with Crippen LogP contribution in [-0.2, 0) is 13.7 Å². The Kier molecular flexibility index (Phi) is 4.65. The van der Waals surface area contributed by atoms with E-state index in [1.165, 1.54) is 0 Å². The van der Waals surface area contributed by atoms with E-state index in [0.717, 1.165) is 44.9 Å². The van der Waals surface area contributed by atoms with Crippen molar-refractivity contribution in [2.45, 2.75) is 6.61 Å². The van der Waals surface area contributed by atoms with Gasteiger partial charge in [-0.15, -0.1) is 0 Å². The summed E-state index contributed by atoms with van der Waals surface area (Å²) in [5.74, 6) is 0.785. The average molecular weight is 392 g/mol. The molecule has 0 aliphatic heterocycles. The second-order valence-electron chi connectivity index (χ2n) is 6.96. The van der Waals surface area contributed by atoms with Crippen LogP contribution in [0, 0.1) is 0 Å². The van der Waals surface area contributed by atoms with Gasteiger partial charge in [-0.1, -0.05) is 0 Å². The van der Waals surface area contributed by atoms with Gasteiger partial charge in [0, 0.05) is 43.0 Å². The molecule has 4 heterocycles. The van der Waals surface area contributed by atoms with E-state index in [4.69, 9.17) is 4.74 Å². The predicted octanol–water partition coefficient (Wildman–Crippen LogP) is 4.67. The van der Waals surface area contributed by atoms with Gasteiger partial charge in [0.25, 0.3) is 0 Å². The molecule has 0 N–H and O–H groups in total. The van der Waals surface area contributed by atoms with E-state index in [9.17, 15) is 0 Å². The number of aromatic nitrogens is 5. The Morgan fingerprint density at radius 3 is 2.50 bits per heavy atom. The molecule has 5 aromatic rings. The Hall–Kier alpha value is -4.06. The molecule has 0 saturated heterocycles. The van der Waals surface area contributed by atoms with Crippen LogP contribution in [0.5, 0.6) is 5.75 Å². The van der Waals surface area contributed by atoms with Crippen molar-refractivity contribution in [2.75, 3.05) is 0 Å². The highest BCUT2D eigenvalue weighted by atomic mass is 16.5. The summed E-state index contributed by atoms with van der Waals surface area (Å²) in [6.07, 6.45) is 7.37. The monoisotopic (exact) mass is 392 g/mol. The first-order valence-electron chi connectivity index (χ1n) is 9.64. The summed E-state index contributed by atoms with van der Waals surface area (Å²) in [4.78, 5) is 13.0. The van der Waals surface area contributed by atoms with Crippen molar-refractivity contribution >= 4 is 11.0 Å². The van der Waals surface area contributed by atoms with Gasteiger partial charge in [0.15, 0.2) is 0 Å². The van der Waals surface area contributed by atoms with Gasteiger partial charge in [-0.25, -0.2) is 4.98 Å². The molecule has 0 bridgehead atoms. The zero-order valence-electron chi connectivity index (χ0n) is 16.4. The predicted molar refractivity (Wildman–Crippen MR) is 116 cm³/mol. The average Bonchev–Trinajstić information content (AvgIpc) is 3.20. The first-order valence-corrected chi connectivity index (χ1v) is 9.64. The second kappa shape index (κ2) is 7.75. The van der Waals surface area contributed by atoms with Crippen molar-refractivity contribution in [1.29, 1.82) is 0 Å². The van der Waals surface area contributed by atoms with Crippen molar-refractivity contribution in [3.8, 4) is 28.1 Å². The molecule has 146 valence electrons. The fourth-order valence-corrected chi connectivity index (χ4v) is 3.39. The van der Waals surface area contributed by atoms with Crippen LogP contribution in [-0.4, -0.2) is 24.7 Å². The third kappa shape index (κ3) is 3.63. The summed E-state index contributed by atoms with van der Waals surface area (Å²) in [5.41, 5.74) is 6.74. The van der Waals surface area contributed by atoms with Gasteiger partial charge < -0.3 is 4.74 Å². The van der Waals surface area contributed by atoms with Crippen LogP contribution >= 0.6 is 0 Å². The minimum Gasteiger partial charge on any atom is -0.487 e. The number of ether oxygens (including phenoxy) is 1. The summed E-state index contributed by atoms with van der Waals surface area (Å²) in [6, 6.07) is 19.7. The molecule has 6 nitrogen and oxygen atoms in total. The molecule has 0 saturated carbocycles. The van der Waals surface area contributed by atoms with Crippen molar-refractivity contribution in [3.63, 3.8) is 0 Å². The maximum absolute atomic E-state index is 5.94. The van der Waals surface area contributed by atoms with Crippen LogP contribution in [0.1, 0.15) is 5.69 Å². The molecule has 0 aliphatic carbocycles.